The van der Waals surface area contributed by atoms with Crippen LogP contribution in [0.25, 0.3) is 0 Å². The van der Waals surface area contributed by atoms with Gasteiger partial charge in [-0.3, -0.25) is 10.1 Å². The molecule has 0 aromatic heterocycles. The van der Waals surface area contributed by atoms with Gasteiger partial charge in [0.1, 0.15) is 5.54 Å². The first-order valence-corrected chi connectivity index (χ1v) is 7.17. The van der Waals surface area contributed by atoms with Crippen molar-refractivity contribution in [3.05, 3.63) is 0 Å². The van der Waals surface area contributed by atoms with E-state index in [1.165, 1.54) is 0 Å². The zero-order chi connectivity index (χ0) is 13.4. The molecule has 1 rings (SSSR count). The third-order valence-electron chi connectivity index (χ3n) is 3.43. The van der Waals surface area contributed by atoms with E-state index in [4.69, 9.17) is 4.74 Å². The molecular weight excluding hydrogens is 230 g/mol. The molecule has 0 spiro atoms. The van der Waals surface area contributed by atoms with Gasteiger partial charge in [0.15, 0.2) is 0 Å². The number of carboxylic acid groups (broad SMARTS) is 1. The first-order chi connectivity index (χ1) is 8.58. The molecule has 1 aliphatic rings. The molecule has 0 amide bonds. The summed E-state index contributed by atoms with van der Waals surface area (Å²) in [5.41, 5.74) is -0.759. The first-order valence-electron chi connectivity index (χ1n) is 7.17. The predicted molar refractivity (Wildman–Crippen MR) is 71.8 cm³/mol. The molecule has 0 aromatic rings. The van der Waals surface area contributed by atoms with E-state index in [9.17, 15) is 9.90 Å². The van der Waals surface area contributed by atoms with Crippen molar-refractivity contribution in [2.75, 3.05) is 13.2 Å². The quantitative estimate of drug-likeness (QED) is 0.559. The Bertz CT molecular complexity index is 253. The molecule has 1 aliphatic carbocycles. The highest BCUT2D eigenvalue weighted by Gasteiger charge is 2.37. The highest BCUT2D eigenvalue weighted by molar-refractivity contribution is 5.78. The molecule has 18 heavy (non-hydrogen) atoms. The first kappa shape index (κ1) is 15.4. The minimum atomic E-state index is -0.759. The average Bonchev–Trinajstić information content (AvgIpc) is 3.11. The van der Waals surface area contributed by atoms with E-state index in [0.29, 0.717) is 12.5 Å². The van der Waals surface area contributed by atoms with Crippen LogP contribution in [-0.2, 0) is 9.53 Å². The number of carboxylic acids is 1. The van der Waals surface area contributed by atoms with Gasteiger partial charge >= 0.3 is 5.97 Å². The molecule has 1 unspecified atom stereocenters. The zero-order valence-corrected chi connectivity index (χ0v) is 11.7. The van der Waals surface area contributed by atoms with Gasteiger partial charge in [-0.1, -0.05) is 13.3 Å². The van der Waals surface area contributed by atoms with Crippen molar-refractivity contribution in [1.82, 2.24) is 5.32 Å². The molecule has 0 saturated heterocycles. The van der Waals surface area contributed by atoms with E-state index in [1.807, 2.05) is 0 Å². The van der Waals surface area contributed by atoms with Crippen molar-refractivity contribution < 1.29 is 14.6 Å². The molecule has 2 N–H and O–H groups in total. The lowest BCUT2D eigenvalue weighted by atomic mass is 9.95. The number of ether oxygens (including phenoxy) is 1. The molecule has 0 radical (unpaired) electrons. The Morgan fingerprint density at radius 1 is 1.33 bits per heavy atom. The van der Waals surface area contributed by atoms with Crippen molar-refractivity contribution >= 4 is 5.97 Å². The summed E-state index contributed by atoms with van der Waals surface area (Å²) in [5.74, 6) is -0.735. The smallest absolute Gasteiger partial charge is 0.323 e. The van der Waals surface area contributed by atoms with Crippen LogP contribution in [0, 0.1) is 0 Å². The minimum absolute atomic E-state index is 0.423. The number of unbranched alkanes of at least 4 members (excludes halogenated alkanes) is 2. The van der Waals surface area contributed by atoms with Crippen LogP contribution in [-0.4, -0.2) is 35.9 Å². The van der Waals surface area contributed by atoms with Crippen LogP contribution >= 0.6 is 0 Å². The maximum Gasteiger partial charge on any atom is 0.323 e. The molecular formula is C14H27NO3. The second kappa shape index (κ2) is 7.74. The van der Waals surface area contributed by atoms with Crippen LogP contribution < -0.4 is 5.32 Å². The number of hydrogen-bond acceptors (Lipinski definition) is 3. The summed E-state index contributed by atoms with van der Waals surface area (Å²) in [6.07, 6.45) is 7.01. The minimum Gasteiger partial charge on any atom is -0.480 e. The van der Waals surface area contributed by atoms with E-state index in [0.717, 1.165) is 51.7 Å². The van der Waals surface area contributed by atoms with Crippen molar-refractivity contribution in [3.63, 3.8) is 0 Å². The van der Waals surface area contributed by atoms with Gasteiger partial charge in [-0.05, 0) is 45.4 Å². The van der Waals surface area contributed by atoms with Gasteiger partial charge in [-0.15, -0.1) is 0 Å². The molecule has 1 fully saturated rings. The normalized spacial score (nSPS) is 18.6. The predicted octanol–water partition coefficient (Wildman–Crippen LogP) is 2.57. The van der Waals surface area contributed by atoms with Crippen LogP contribution in [0.5, 0.6) is 0 Å². The summed E-state index contributed by atoms with van der Waals surface area (Å²) in [6, 6.07) is 0.423. The Labute approximate surface area is 110 Å². The summed E-state index contributed by atoms with van der Waals surface area (Å²) in [4.78, 5) is 11.3. The fourth-order valence-corrected chi connectivity index (χ4v) is 1.95. The monoisotopic (exact) mass is 257 g/mol. The number of carbonyl (C=O) groups is 1. The van der Waals surface area contributed by atoms with Gasteiger partial charge < -0.3 is 9.84 Å². The lowest BCUT2D eigenvalue weighted by molar-refractivity contribution is -0.144. The third-order valence-corrected chi connectivity index (χ3v) is 3.43. The zero-order valence-electron chi connectivity index (χ0n) is 11.7. The van der Waals surface area contributed by atoms with Crippen LogP contribution in [0.15, 0.2) is 0 Å². The molecule has 0 aromatic carbocycles. The van der Waals surface area contributed by atoms with Crippen molar-refractivity contribution in [1.29, 1.82) is 0 Å². The molecule has 4 heteroatoms. The summed E-state index contributed by atoms with van der Waals surface area (Å²) in [5, 5.41) is 12.5. The van der Waals surface area contributed by atoms with E-state index >= 15 is 0 Å². The Morgan fingerprint density at radius 3 is 2.56 bits per heavy atom. The van der Waals surface area contributed by atoms with Crippen LogP contribution in [0.3, 0.4) is 0 Å². The third kappa shape index (κ3) is 5.83. The Balaban J connectivity index is 2.11. The molecule has 0 bridgehead atoms. The second-order valence-electron chi connectivity index (χ2n) is 5.48. The van der Waals surface area contributed by atoms with Crippen LogP contribution in [0.2, 0.25) is 0 Å². The molecule has 0 aliphatic heterocycles. The average molecular weight is 257 g/mol. The van der Waals surface area contributed by atoms with Gasteiger partial charge in [0.05, 0.1) is 0 Å². The van der Waals surface area contributed by atoms with Gasteiger partial charge in [0.25, 0.3) is 0 Å². The lowest BCUT2D eigenvalue weighted by Gasteiger charge is -2.26. The lowest BCUT2D eigenvalue weighted by Crippen LogP contribution is -2.50. The Hall–Kier alpha value is -0.610. The van der Waals surface area contributed by atoms with Gasteiger partial charge in [0.2, 0.25) is 0 Å². The van der Waals surface area contributed by atoms with Crippen molar-refractivity contribution in [2.24, 2.45) is 0 Å². The molecule has 106 valence electrons. The fourth-order valence-electron chi connectivity index (χ4n) is 1.95. The largest absolute Gasteiger partial charge is 0.480 e. The fraction of sp³-hybridized carbons (Fsp3) is 0.929. The van der Waals surface area contributed by atoms with Crippen molar-refractivity contribution in [2.45, 2.75) is 70.4 Å². The van der Waals surface area contributed by atoms with Gasteiger partial charge in [-0.2, -0.15) is 0 Å². The SMILES string of the molecule is CCCCOCCCCC(C)(NC1CC1)C(=O)O. The van der Waals surface area contributed by atoms with Gasteiger partial charge in [0, 0.05) is 19.3 Å². The van der Waals surface area contributed by atoms with E-state index in [-0.39, 0.29) is 0 Å². The maximum absolute atomic E-state index is 11.3. The standard InChI is InChI=1S/C14H27NO3/c1-3-4-10-18-11-6-5-9-14(2,13(16)17)15-12-7-8-12/h12,15H,3-11H2,1-2H3,(H,16,17). The van der Waals surface area contributed by atoms with E-state index in [1.54, 1.807) is 6.92 Å². The molecule has 4 nitrogen and oxygen atoms in total. The molecule has 1 atom stereocenters. The summed E-state index contributed by atoms with van der Waals surface area (Å²) >= 11 is 0. The van der Waals surface area contributed by atoms with E-state index < -0.39 is 11.5 Å². The highest BCUT2D eigenvalue weighted by atomic mass is 16.5. The summed E-state index contributed by atoms with van der Waals surface area (Å²) in [7, 11) is 0. The topological polar surface area (TPSA) is 58.6 Å². The van der Waals surface area contributed by atoms with Crippen molar-refractivity contribution in [3.8, 4) is 0 Å². The summed E-state index contributed by atoms with van der Waals surface area (Å²) < 4.78 is 5.47. The molecule has 0 heterocycles. The maximum atomic E-state index is 11.3. The highest BCUT2D eigenvalue weighted by Crippen LogP contribution is 2.25. The Morgan fingerprint density at radius 2 is 2.00 bits per heavy atom. The van der Waals surface area contributed by atoms with E-state index in [2.05, 4.69) is 12.2 Å². The summed E-state index contributed by atoms with van der Waals surface area (Å²) in [6.45, 7) is 5.52. The Kier molecular flexibility index (Phi) is 6.65. The van der Waals surface area contributed by atoms with Crippen LogP contribution in [0.4, 0.5) is 0 Å². The number of hydrogen-bond donors (Lipinski definition) is 2. The second-order valence-corrected chi connectivity index (χ2v) is 5.48. The molecule has 1 saturated carbocycles. The number of aliphatic carboxylic acids is 1. The number of nitrogens with one attached hydrogen (secondary N) is 1. The van der Waals surface area contributed by atoms with Gasteiger partial charge in [-0.25, -0.2) is 0 Å². The number of rotatable bonds is 11. The van der Waals surface area contributed by atoms with Crippen LogP contribution in [0.1, 0.15) is 58.8 Å².